The second-order valence-electron chi connectivity index (χ2n) is 3.98. The average Bonchev–Trinajstić information content (AvgIpc) is 2.89. The van der Waals surface area contributed by atoms with E-state index in [2.05, 4.69) is 15.2 Å². The van der Waals surface area contributed by atoms with Crippen LogP contribution in [0.2, 0.25) is 0 Å². The topological polar surface area (TPSA) is 79.0 Å². The molecule has 0 spiro atoms. The fourth-order valence-corrected chi connectivity index (χ4v) is 2.32. The van der Waals surface area contributed by atoms with Crippen molar-refractivity contribution in [2.75, 3.05) is 4.90 Å². The zero-order valence-corrected chi connectivity index (χ0v) is 8.46. The Morgan fingerprint density at radius 2 is 1.81 bits per heavy atom. The maximum absolute atomic E-state index is 12.0. The van der Waals surface area contributed by atoms with Crippen LogP contribution in [0.5, 0.6) is 0 Å². The number of fused-ring (bicyclic) bond motifs is 1. The monoisotopic (exact) mass is 218 g/mol. The molecule has 2 heterocycles. The summed E-state index contributed by atoms with van der Waals surface area (Å²) in [5.41, 5.74) is 0. The largest absolute Gasteiger partial charge is 0.274 e. The Labute approximate surface area is 91.3 Å². The SMILES string of the molecule is O=C1[C@H]2CC=CC[C@@H]2C(=O)N1c1ncn[nH]1. The van der Waals surface area contributed by atoms with Crippen molar-refractivity contribution in [3.8, 4) is 0 Å². The van der Waals surface area contributed by atoms with E-state index in [9.17, 15) is 9.59 Å². The molecular weight excluding hydrogens is 208 g/mol. The van der Waals surface area contributed by atoms with Gasteiger partial charge < -0.3 is 0 Å². The summed E-state index contributed by atoms with van der Waals surface area (Å²) in [5, 5.41) is 6.21. The van der Waals surface area contributed by atoms with Gasteiger partial charge in [-0.1, -0.05) is 12.2 Å². The lowest BCUT2D eigenvalue weighted by atomic mass is 9.85. The van der Waals surface area contributed by atoms with Crippen LogP contribution < -0.4 is 4.90 Å². The van der Waals surface area contributed by atoms with Crippen LogP contribution in [0.15, 0.2) is 18.5 Å². The molecule has 0 radical (unpaired) electrons. The number of aromatic nitrogens is 3. The molecule has 1 saturated heterocycles. The summed E-state index contributed by atoms with van der Waals surface area (Å²) in [7, 11) is 0. The Kier molecular flexibility index (Phi) is 1.89. The quantitative estimate of drug-likeness (QED) is 0.541. The number of hydrogen-bond donors (Lipinski definition) is 1. The van der Waals surface area contributed by atoms with Gasteiger partial charge in [0.15, 0.2) is 0 Å². The maximum atomic E-state index is 12.0. The molecule has 2 amide bonds. The third-order valence-electron chi connectivity index (χ3n) is 3.12. The van der Waals surface area contributed by atoms with Gasteiger partial charge >= 0.3 is 0 Å². The van der Waals surface area contributed by atoms with E-state index < -0.39 is 0 Å². The molecular formula is C10H10N4O2. The van der Waals surface area contributed by atoms with Crippen LogP contribution in [0.3, 0.4) is 0 Å². The number of imide groups is 1. The van der Waals surface area contributed by atoms with Crippen molar-refractivity contribution in [3.63, 3.8) is 0 Å². The van der Waals surface area contributed by atoms with Crippen LogP contribution in [-0.4, -0.2) is 27.0 Å². The first-order chi connectivity index (χ1) is 7.79. The molecule has 1 aromatic heterocycles. The van der Waals surface area contributed by atoms with Crippen molar-refractivity contribution in [3.05, 3.63) is 18.5 Å². The van der Waals surface area contributed by atoms with E-state index in [0.29, 0.717) is 12.8 Å². The van der Waals surface area contributed by atoms with Crippen LogP contribution in [-0.2, 0) is 9.59 Å². The molecule has 3 rings (SSSR count). The van der Waals surface area contributed by atoms with E-state index in [4.69, 9.17) is 0 Å². The van der Waals surface area contributed by atoms with E-state index in [1.807, 2.05) is 12.2 Å². The Bertz CT molecular complexity index is 439. The summed E-state index contributed by atoms with van der Waals surface area (Å²) < 4.78 is 0. The Hall–Kier alpha value is -1.98. The van der Waals surface area contributed by atoms with Crippen LogP contribution >= 0.6 is 0 Å². The summed E-state index contributed by atoms with van der Waals surface area (Å²) in [6.45, 7) is 0. The first kappa shape index (κ1) is 9.26. The van der Waals surface area contributed by atoms with Crippen molar-refractivity contribution in [2.45, 2.75) is 12.8 Å². The minimum atomic E-state index is -0.220. The fourth-order valence-electron chi connectivity index (χ4n) is 2.32. The lowest BCUT2D eigenvalue weighted by molar-refractivity contribution is -0.122. The predicted molar refractivity (Wildman–Crippen MR) is 54.2 cm³/mol. The number of rotatable bonds is 1. The number of H-pyrrole nitrogens is 1. The van der Waals surface area contributed by atoms with Gasteiger partial charge in [0.05, 0.1) is 11.8 Å². The second-order valence-corrected chi connectivity index (χ2v) is 3.98. The lowest BCUT2D eigenvalue weighted by Gasteiger charge is -2.14. The Morgan fingerprint density at radius 3 is 2.31 bits per heavy atom. The summed E-state index contributed by atoms with van der Waals surface area (Å²) in [4.78, 5) is 29.0. The average molecular weight is 218 g/mol. The highest BCUT2D eigenvalue weighted by atomic mass is 16.2. The van der Waals surface area contributed by atoms with Crippen molar-refractivity contribution in [1.82, 2.24) is 15.2 Å². The molecule has 1 fully saturated rings. The van der Waals surface area contributed by atoms with Gasteiger partial charge in [0.1, 0.15) is 6.33 Å². The normalized spacial score (nSPS) is 28.6. The maximum Gasteiger partial charge on any atom is 0.240 e. The summed E-state index contributed by atoms with van der Waals surface area (Å²) in [6.07, 6.45) is 6.47. The fraction of sp³-hybridized carbons (Fsp3) is 0.400. The molecule has 2 aliphatic rings. The van der Waals surface area contributed by atoms with Crippen molar-refractivity contribution >= 4 is 17.8 Å². The highest BCUT2D eigenvalue weighted by Crippen LogP contribution is 2.36. The molecule has 2 atom stereocenters. The van der Waals surface area contributed by atoms with Gasteiger partial charge in [0.25, 0.3) is 0 Å². The Balaban J connectivity index is 1.98. The van der Waals surface area contributed by atoms with Gasteiger partial charge in [-0.05, 0) is 12.8 Å². The van der Waals surface area contributed by atoms with E-state index in [1.165, 1.54) is 6.33 Å². The molecule has 0 bridgehead atoms. The van der Waals surface area contributed by atoms with Crippen molar-refractivity contribution in [2.24, 2.45) is 11.8 Å². The predicted octanol–water partition coefficient (Wildman–Crippen LogP) is 0.260. The number of aromatic amines is 1. The molecule has 6 nitrogen and oxygen atoms in total. The summed E-state index contributed by atoms with van der Waals surface area (Å²) in [5.74, 6) is -0.554. The highest BCUT2D eigenvalue weighted by Gasteiger charge is 2.48. The third kappa shape index (κ3) is 1.13. The number of carbonyl (C=O) groups is 2. The molecule has 6 heteroatoms. The van der Waals surface area contributed by atoms with Crippen molar-refractivity contribution in [1.29, 1.82) is 0 Å². The zero-order chi connectivity index (χ0) is 11.1. The van der Waals surface area contributed by atoms with Gasteiger partial charge in [0.2, 0.25) is 17.8 Å². The molecule has 1 N–H and O–H groups in total. The number of anilines is 1. The molecule has 0 unspecified atom stereocenters. The summed E-state index contributed by atoms with van der Waals surface area (Å²) >= 11 is 0. The van der Waals surface area contributed by atoms with Gasteiger partial charge in [-0.3, -0.25) is 9.59 Å². The molecule has 1 aliphatic heterocycles. The molecule has 0 aromatic carbocycles. The third-order valence-corrected chi connectivity index (χ3v) is 3.12. The minimum Gasteiger partial charge on any atom is -0.274 e. The molecule has 0 saturated carbocycles. The number of nitrogens with one attached hydrogen (secondary N) is 1. The van der Waals surface area contributed by atoms with E-state index in [-0.39, 0.29) is 29.6 Å². The standard InChI is InChI=1S/C10H10N4O2/c15-8-6-3-1-2-4-7(6)9(16)14(8)10-11-5-12-13-10/h1-2,5-7H,3-4H2,(H,11,12,13)/t6-,7-/m0/s1. The molecule has 1 aliphatic carbocycles. The minimum absolute atomic E-state index is 0.170. The van der Waals surface area contributed by atoms with Gasteiger partial charge in [-0.25, -0.2) is 10.00 Å². The van der Waals surface area contributed by atoms with Crippen LogP contribution in [0.1, 0.15) is 12.8 Å². The number of amides is 2. The second kappa shape index (κ2) is 3.26. The number of nitrogens with zero attached hydrogens (tertiary/aromatic N) is 3. The van der Waals surface area contributed by atoms with Crippen molar-refractivity contribution < 1.29 is 9.59 Å². The smallest absolute Gasteiger partial charge is 0.240 e. The first-order valence-corrected chi connectivity index (χ1v) is 5.17. The van der Waals surface area contributed by atoms with Gasteiger partial charge in [0, 0.05) is 0 Å². The van der Waals surface area contributed by atoms with Crippen LogP contribution in [0.25, 0.3) is 0 Å². The zero-order valence-electron chi connectivity index (χ0n) is 8.46. The number of hydrogen-bond acceptors (Lipinski definition) is 4. The molecule has 1 aromatic rings. The van der Waals surface area contributed by atoms with Crippen LogP contribution in [0, 0.1) is 11.8 Å². The van der Waals surface area contributed by atoms with E-state index >= 15 is 0 Å². The van der Waals surface area contributed by atoms with E-state index in [1.54, 1.807) is 0 Å². The van der Waals surface area contributed by atoms with Gasteiger partial charge in [-0.15, -0.1) is 0 Å². The number of allylic oxidation sites excluding steroid dienone is 2. The highest BCUT2D eigenvalue weighted by molar-refractivity contribution is 6.21. The van der Waals surface area contributed by atoms with Gasteiger partial charge in [-0.2, -0.15) is 10.1 Å². The number of carbonyl (C=O) groups excluding carboxylic acids is 2. The lowest BCUT2D eigenvalue weighted by Crippen LogP contribution is -2.31. The first-order valence-electron chi connectivity index (χ1n) is 5.17. The summed E-state index contributed by atoms with van der Waals surface area (Å²) in [6, 6.07) is 0. The Morgan fingerprint density at radius 1 is 1.19 bits per heavy atom. The molecule has 16 heavy (non-hydrogen) atoms. The van der Waals surface area contributed by atoms with E-state index in [0.717, 1.165) is 4.90 Å². The molecule has 82 valence electrons. The van der Waals surface area contributed by atoms with Crippen LogP contribution in [0.4, 0.5) is 5.95 Å².